The van der Waals surface area contributed by atoms with Gasteiger partial charge in [-0.15, -0.1) is 0 Å². The molecule has 0 atom stereocenters. The van der Waals surface area contributed by atoms with Crippen molar-refractivity contribution in [3.63, 3.8) is 0 Å². The normalized spacial score (nSPS) is 18.2. The van der Waals surface area contributed by atoms with Gasteiger partial charge in [-0.05, 0) is 25.4 Å². The van der Waals surface area contributed by atoms with Crippen molar-refractivity contribution in [2.45, 2.75) is 26.2 Å². The van der Waals surface area contributed by atoms with E-state index in [4.69, 9.17) is 10.9 Å². The molecule has 0 bridgehead atoms. The fraction of sp³-hybridized carbons (Fsp3) is 0.889. The summed E-state index contributed by atoms with van der Waals surface area (Å²) in [6.45, 7) is 4.71. The van der Waals surface area contributed by atoms with Crippen LogP contribution in [-0.2, 0) is 0 Å². The standard InChI is InChI=1S/C9H19N3O/c1-2-12(7-9(10)11-13)6-5-8-3-4-8/h8,13H,2-7H2,1H3,(H2,10,11). The molecule has 1 rings (SSSR count). The van der Waals surface area contributed by atoms with Crippen LogP contribution in [0.4, 0.5) is 0 Å². The summed E-state index contributed by atoms with van der Waals surface area (Å²) < 4.78 is 0. The van der Waals surface area contributed by atoms with Gasteiger partial charge < -0.3 is 10.9 Å². The number of hydrogen-bond acceptors (Lipinski definition) is 3. The van der Waals surface area contributed by atoms with Gasteiger partial charge in [0.2, 0.25) is 0 Å². The predicted octanol–water partition coefficient (Wildman–Crippen LogP) is 0.855. The Hall–Kier alpha value is -0.770. The number of oxime groups is 1. The number of likely N-dealkylation sites (N-methyl/N-ethyl adjacent to an activating group) is 1. The summed E-state index contributed by atoms with van der Waals surface area (Å²) in [5.74, 6) is 1.25. The van der Waals surface area contributed by atoms with E-state index in [9.17, 15) is 0 Å². The second kappa shape index (κ2) is 5.07. The van der Waals surface area contributed by atoms with Crippen molar-refractivity contribution in [2.75, 3.05) is 19.6 Å². The quantitative estimate of drug-likeness (QED) is 0.279. The minimum atomic E-state index is 0.303. The van der Waals surface area contributed by atoms with E-state index in [1.54, 1.807) is 0 Å². The lowest BCUT2D eigenvalue weighted by Gasteiger charge is -2.18. The Labute approximate surface area is 79.4 Å². The first-order valence-corrected chi connectivity index (χ1v) is 4.95. The molecule has 0 radical (unpaired) electrons. The van der Waals surface area contributed by atoms with Crippen LogP contribution >= 0.6 is 0 Å². The van der Waals surface area contributed by atoms with Crippen molar-refractivity contribution < 1.29 is 5.21 Å². The summed E-state index contributed by atoms with van der Waals surface area (Å²) >= 11 is 0. The third-order valence-electron chi connectivity index (χ3n) is 2.51. The largest absolute Gasteiger partial charge is 0.409 e. The third-order valence-corrected chi connectivity index (χ3v) is 2.51. The van der Waals surface area contributed by atoms with Gasteiger partial charge in [0, 0.05) is 0 Å². The molecule has 0 aromatic heterocycles. The van der Waals surface area contributed by atoms with Crippen molar-refractivity contribution in [3.05, 3.63) is 0 Å². The molecule has 0 aromatic rings. The van der Waals surface area contributed by atoms with Crippen LogP contribution in [0.2, 0.25) is 0 Å². The van der Waals surface area contributed by atoms with Gasteiger partial charge in [0.05, 0.1) is 6.54 Å². The average molecular weight is 185 g/mol. The van der Waals surface area contributed by atoms with Crippen molar-refractivity contribution in [1.29, 1.82) is 0 Å². The first-order chi connectivity index (χ1) is 6.26. The van der Waals surface area contributed by atoms with Crippen LogP contribution in [0.1, 0.15) is 26.2 Å². The summed E-state index contributed by atoms with van der Waals surface area (Å²) in [6, 6.07) is 0. The maximum absolute atomic E-state index is 8.41. The molecule has 0 aromatic carbocycles. The van der Waals surface area contributed by atoms with E-state index in [2.05, 4.69) is 17.0 Å². The summed E-state index contributed by atoms with van der Waals surface area (Å²) in [4.78, 5) is 2.20. The van der Waals surface area contributed by atoms with E-state index in [-0.39, 0.29) is 0 Å². The lowest BCUT2D eigenvalue weighted by molar-refractivity contribution is 0.293. The van der Waals surface area contributed by atoms with Crippen molar-refractivity contribution >= 4 is 5.84 Å². The Kier molecular flexibility index (Phi) is 4.02. The molecule has 0 amide bonds. The molecule has 0 saturated heterocycles. The van der Waals surface area contributed by atoms with E-state index in [0.717, 1.165) is 19.0 Å². The van der Waals surface area contributed by atoms with E-state index in [1.807, 2.05) is 0 Å². The molecule has 1 saturated carbocycles. The lowest BCUT2D eigenvalue weighted by Crippen LogP contribution is -2.34. The molecular weight excluding hydrogens is 166 g/mol. The van der Waals surface area contributed by atoms with Gasteiger partial charge in [-0.1, -0.05) is 24.9 Å². The Morgan fingerprint density at radius 2 is 2.31 bits per heavy atom. The van der Waals surface area contributed by atoms with E-state index < -0.39 is 0 Å². The molecule has 0 spiro atoms. The minimum Gasteiger partial charge on any atom is -0.409 e. The fourth-order valence-corrected chi connectivity index (χ4v) is 1.38. The van der Waals surface area contributed by atoms with Crippen LogP contribution < -0.4 is 5.73 Å². The Balaban J connectivity index is 2.16. The van der Waals surface area contributed by atoms with Crippen LogP contribution in [0.25, 0.3) is 0 Å². The summed E-state index contributed by atoms with van der Waals surface area (Å²) in [5, 5.41) is 11.4. The van der Waals surface area contributed by atoms with E-state index in [0.29, 0.717) is 12.4 Å². The summed E-state index contributed by atoms with van der Waals surface area (Å²) in [7, 11) is 0. The van der Waals surface area contributed by atoms with Gasteiger partial charge in [-0.25, -0.2) is 0 Å². The first kappa shape index (κ1) is 10.3. The van der Waals surface area contributed by atoms with E-state index >= 15 is 0 Å². The zero-order valence-corrected chi connectivity index (χ0v) is 8.24. The molecular formula is C9H19N3O. The topological polar surface area (TPSA) is 61.8 Å². The highest BCUT2D eigenvalue weighted by atomic mass is 16.4. The zero-order chi connectivity index (χ0) is 9.68. The molecule has 0 unspecified atom stereocenters. The highest BCUT2D eigenvalue weighted by molar-refractivity contribution is 5.81. The van der Waals surface area contributed by atoms with Gasteiger partial charge in [0.15, 0.2) is 5.84 Å². The molecule has 4 heteroatoms. The van der Waals surface area contributed by atoms with Gasteiger partial charge >= 0.3 is 0 Å². The van der Waals surface area contributed by atoms with Crippen molar-refractivity contribution in [1.82, 2.24) is 4.90 Å². The first-order valence-electron chi connectivity index (χ1n) is 4.95. The Morgan fingerprint density at radius 1 is 1.62 bits per heavy atom. The maximum Gasteiger partial charge on any atom is 0.153 e. The summed E-state index contributed by atoms with van der Waals surface area (Å²) in [6.07, 6.45) is 4.04. The second-order valence-corrected chi connectivity index (χ2v) is 3.69. The fourth-order valence-electron chi connectivity index (χ4n) is 1.38. The monoisotopic (exact) mass is 185 g/mol. The molecule has 0 aliphatic heterocycles. The van der Waals surface area contributed by atoms with Crippen molar-refractivity contribution in [2.24, 2.45) is 16.8 Å². The number of rotatable bonds is 6. The highest BCUT2D eigenvalue weighted by Gasteiger charge is 2.21. The summed E-state index contributed by atoms with van der Waals surface area (Å²) in [5.41, 5.74) is 5.43. The number of nitrogens with zero attached hydrogens (tertiary/aromatic N) is 2. The maximum atomic E-state index is 8.41. The number of amidine groups is 1. The Bertz CT molecular complexity index is 178. The predicted molar refractivity (Wildman–Crippen MR) is 52.9 cm³/mol. The third kappa shape index (κ3) is 4.12. The molecule has 1 fully saturated rings. The van der Waals surface area contributed by atoms with Gasteiger partial charge in [0.25, 0.3) is 0 Å². The molecule has 1 aliphatic rings. The molecule has 4 nitrogen and oxygen atoms in total. The smallest absolute Gasteiger partial charge is 0.153 e. The number of hydrogen-bond donors (Lipinski definition) is 2. The molecule has 1 aliphatic carbocycles. The molecule has 13 heavy (non-hydrogen) atoms. The van der Waals surface area contributed by atoms with Crippen LogP contribution in [0.3, 0.4) is 0 Å². The average Bonchev–Trinajstić information content (AvgIpc) is 2.95. The van der Waals surface area contributed by atoms with Crippen LogP contribution in [0.15, 0.2) is 5.16 Å². The molecule has 76 valence electrons. The Morgan fingerprint density at radius 3 is 2.77 bits per heavy atom. The SMILES string of the molecule is CCN(CCC1CC1)CC(N)=NO. The van der Waals surface area contributed by atoms with Gasteiger partial charge in [-0.2, -0.15) is 0 Å². The highest BCUT2D eigenvalue weighted by Crippen LogP contribution is 2.32. The second-order valence-electron chi connectivity index (χ2n) is 3.69. The molecule has 0 heterocycles. The van der Waals surface area contributed by atoms with Gasteiger partial charge in [-0.3, -0.25) is 4.90 Å². The lowest BCUT2D eigenvalue weighted by atomic mass is 10.2. The minimum absolute atomic E-state index is 0.303. The van der Waals surface area contributed by atoms with Crippen LogP contribution in [0, 0.1) is 5.92 Å². The van der Waals surface area contributed by atoms with Crippen molar-refractivity contribution in [3.8, 4) is 0 Å². The zero-order valence-electron chi connectivity index (χ0n) is 8.24. The van der Waals surface area contributed by atoms with E-state index in [1.165, 1.54) is 19.3 Å². The molecule has 3 N–H and O–H groups in total. The van der Waals surface area contributed by atoms with Crippen LogP contribution in [-0.4, -0.2) is 35.6 Å². The van der Waals surface area contributed by atoms with Gasteiger partial charge in [0.1, 0.15) is 0 Å². The number of nitrogens with two attached hydrogens (primary N) is 1. The van der Waals surface area contributed by atoms with Crippen LogP contribution in [0.5, 0.6) is 0 Å².